The van der Waals surface area contributed by atoms with E-state index in [1.54, 1.807) is 0 Å². The van der Waals surface area contributed by atoms with Gasteiger partial charge in [-0.1, -0.05) is 19.9 Å². The van der Waals surface area contributed by atoms with Crippen LogP contribution >= 0.6 is 0 Å². The lowest BCUT2D eigenvalue weighted by Crippen LogP contribution is -2.45. The zero-order valence-corrected chi connectivity index (χ0v) is 17.8. The number of rotatable bonds is 8. The molecule has 1 aromatic carbocycles. The number of hydrogen-bond acceptors (Lipinski definition) is 6. The van der Waals surface area contributed by atoms with Gasteiger partial charge in [-0.15, -0.1) is 0 Å². The van der Waals surface area contributed by atoms with E-state index >= 15 is 0 Å². The van der Waals surface area contributed by atoms with Gasteiger partial charge in [-0.05, 0) is 49.4 Å². The van der Waals surface area contributed by atoms with E-state index < -0.39 is 22.4 Å². The maximum atomic E-state index is 12.6. The van der Waals surface area contributed by atoms with Crippen molar-refractivity contribution >= 4 is 21.7 Å². The number of hydrogen-bond donors (Lipinski definition) is 0. The van der Waals surface area contributed by atoms with Crippen LogP contribution in [0.15, 0.2) is 18.2 Å². The van der Waals surface area contributed by atoms with E-state index in [0.717, 1.165) is 11.1 Å². The molecule has 1 aliphatic heterocycles. The molecule has 0 spiro atoms. The van der Waals surface area contributed by atoms with E-state index in [1.165, 1.54) is 4.90 Å². The van der Waals surface area contributed by atoms with Crippen LogP contribution in [0.4, 0.5) is 0 Å². The topological polar surface area (TPSA) is 90.0 Å². The van der Waals surface area contributed by atoms with Crippen LogP contribution in [-0.2, 0) is 24.2 Å². The highest BCUT2D eigenvalue weighted by atomic mass is 32.2. The lowest BCUT2D eigenvalue weighted by Gasteiger charge is -2.29. The van der Waals surface area contributed by atoms with Crippen molar-refractivity contribution in [3.05, 3.63) is 29.3 Å². The van der Waals surface area contributed by atoms with Gasteiger partial charge >= 0.3 is 5.97 Å². The smallest absolute Gasteiger partial charge is 0.344 e. The molecule has 0 radical (unpaired) electrons. The van der Waals surface area contributed by atoms with E-state index in [4.69, 9.17) is 9.47 Å². The number of nitrogens with zero attached hydrogens (tertiary/aromatic N) is 1. The molecule has 1 fully saturated rings. The molecule has 8 heteroatoms. The number of ether oxygens (including phenoxy) is 2. The minimum absolute atomic E-state index is 0.0325. The Morgan fingerprint density at radius 1 is 1.14 bits per heavy atom. The number of esters is 1. The molecule has 28 heavy (non-hydrogen) atoms. The molecule has 1 heterocycles. The molecule has 1 atom stereocenters. The molecular weight excluding hydrogens is 382 g/mol. The Bertz CT molecular complexity index is 798. The molecule has 1 unspecified atom stereocenters. The Morgan fingerprint density at radius 3 is 2.32 bits per heavy atom. The van der Waals surface area contributed by atoms with Crippen LogP contribution in [0.5, 0.6) is 5.75 Å². The van der Waals surface area contributed by atoms with Crippen LogP contribution in [0, 0.1) is 19.8 Å². The first-order valence-electron chi connectivity index (χ1n) is 9.42. The maximum absolute atomic E-state index is 12.6. The molecule has 156 valence electrons. The van der Waals surface area contributed by atoms with Crippen molar-refractivity contribution in [3.8, 4) is 5.75 Å². The molecule has 1 aliphatic rings. The summed E-state index contributed by atoms with van der Waals surface area (Å²) in [7, 11) is -3.11. The van der Waals surface area contributed by atoms with Crippen molar-refractivity contribution in [1.29, 1.82) is 0 Å². The van der Waals surface area contributed by atoms with E-state index in [2.05, 4.69) is 0 Å². The van der Waals surface area contributed by atoms with Crippen molar-refractivity contribution in [3.63, 3.8) is 0 Å². The predicted octanol–water partition coefficient (Wildman–Crippen LogP) is 1.90. The number of carbonyl (C=O) groups excluding carboxylic acids is 2. The number of amides is 1. The summed E-state index contributed by atoms with van der Waals surface area (Å²) >= 11 is 0. The third-order valence-electron chi connectivity index (χ3n) is 4.44. The van der Waals surface area contributed by atoms with E-state index in [9.17, 15) is 18.0 Å². The van der Waals surface area contributed by atoms with Crippen molar-refractivity contribution in [2.24, 2.45) is 5.92 Å². The average Bonchev–Trinajstić information content (AvgIpc) is 2.94. The van der Waals surface area contributed by atoms with Crippen molar-refractivity contribution in [1.82, 2.24) is 4.90 Å². The molecule has 0 bridgehead atoms. The molecule has 0 N–H and O–H groups in total. The standard InChI is InChI=1S/C20H29NO6S/c1-14(2)10-21(17-5-6-28(24,25)13-17)19(22)11-27-20(23)12-26-18-8-15(3)7-16(4)9-18/h7-9,14,17H,5-6,10-13H2,1-4H3. The zero-order chi connectivity index (χ0) is 20.9. The highest BCUT2D eigenvalue weighted by Gasteiger charge is 2.35. The van der Waals surface area contributed by atoms with Crippen LogP contribution in [0.1, 0.15) is 31.4 Å². The summed E-state index contributed by atoms with van der Waals surface area (Å²) in [6, 6.07) is 5.27. The van der Waals surface area contributed by atoms with Crippen LogP contribution in [0.3, 0.4) is 0 Å². The highest BCUT2D eigenvalue weighted by molar-refractivity contribution is 7.91. The molecule has 0 saturated carbocycles. The largest absolute Gasteiger partial charge is 0.482 e. The molecule has 1 saturated heterocycles. The molecule has 2 rings (SSSR count). The lowest BCUT2D eigenvalue weighted by atomic mass is 10.1. The predicted molar refractivity (Wildman–Crippen MR) is 106 cm³/mol. The van der Waals surface area contributed by atoms with Gasteiger partial charge in [0.25, 0.3) is 5.91 Å². The maximum Gasteiger partial charge on any atom is 0.344 e. The summed E-state index contributed by atoms with van der Waals surface area (Å²) in [5.74, 6) is -0.223. The second-order valence-electron chi connectivity index (χ2n) is 7.77. The van der Waals surface area contributed by atoms with E-state index in [-0.39, 0.29) is 36.0 Å². The average molecular weight is 412 g/mol. The van der Waals surface area contributed by atoms with Gasteiger partial charge in [-0.2, -0.15) is 0 Å². The Morgan fingerprint density at radius 2 is 1.79 bits per heavy atom. The minimum Gasteiger partial charge on any atom is -0.482 e. The van der Waals surface area contributed by atoms with Crippen LogP contribution < -0.4 is 4.74 Å². The normalized spacial score (nSPS) is 18.1. The fraction of sp³-hybridized carbons (Fsp3) is 0.600. The summed E-state index contributed by atoms with van der Waals surface area (Å²) in [6.07, 6.45) is 0.421. The van der Waals surface area contributed by atoms with Crippen LogP contribution in [0.2, 0.25) is 0 Å². The number of sulfone groups is 1. The quantitative estimate of drug-likeness (QED) is 0.607. The third kappa shape index (κ3) is 6.82. The molecule has 1 aromatic rings. The first kappa shape index (κ1) is 22.2. The van der Waals surface area contributed by atoms with Gasteiger partial charge in [0.1, 0.15) is 5.75 Å². The van der Waals surface area contributed by atoms with Crippen molar-refractivity contribution < 1.29 is 27.5 Å². The van der Waals surface area contributed by atoms with Gasteiger partial charge in [0.15, 0.2) is 23.1 Å². The zero-order valence-electron chi connectivity index (χ0n) is 16.9. The summed E-state index contributed by atoms with van der Waals surface area (Å²) in [4.78, 5) is 26.0. The van der Waals surface area contributed by atoms with Gasteiger partial charge in [-0.3, -0.25) is 4.79 Å². The first-order chi connectivity index (χ1) is 13.1. The lowest BCUT2D eigenvalue weighted by molar-refractivity contribution is -0.154. The van der Waals surface area contributed by atoms with E-state index in [0.29, 0.717) is 18.7 Å². The minimum atomic E-state index is -3.11. The van der Waals surface area contributed by atoms with Gasteiger partial charge in [-0.25, -0.2) is 13.2 Å². The van der Waals surface area contributed by atoms with E-state index in [1.807, 2.05) is 45.9 Å². The number of benzene rings is 1. The molecule has 0 aliphatic carbocycles. The van der Waals surface area contributed by atoms with Gasteiger partial charge in [0, 0.05) is 12.6 Å². The molecule has 0 aromatic heterocycles. The Labute approximate surface area is 166 Å². The fourth-order valence-corrected chi connectivity index (χ4v) is 5.03. The second kappa shape index (κ2) is 9.41. The third-order valence-corrected chi connectivity index (χ3v) is 6.19. The summed E-state index contributed by atoms with van der Waals surface area (Å²) < 4.78 is 34.0. The Balaban J connectivity index is 1.87. The summed E-state index contributed by atoms with van der Waals surface area (Å²) in [5.41, 5.74) is 2.05. The number of carbonyl (C=O) groups is 2. The fourth-order valence-electron chi connectivity index (χ4n) is 3.29. The Hall–Kier alpha value is -2.09. The Kier molecular flexibility index (Phi) is 7.46. The first-order valence-corrected chi connectivity index (χ1v) is 11.2. The summed E-state index contributed by atoms with van der Waals surface area (Å²) in [6.45, 7) is 7.49. The summed E-state index contributed by atoms with van der Waals surface area (Å²) in [5, 5.41) is 0. The molecular formula is C20H29NO6S. The van der Waals surface area contributed by atoms with Gasteiger partial charge in [0.2, 0.25) is 0 Å². The highest BCUT2D eigenvalue weighted by Crippen LogP contribution is 2.19. The van der Waals surface area contributed by atoms with Crippen LogP contribution in [-0.4, -0.2) is 62.5 Å². The van der Waals surface area contributed by atoms with Crippen molar-refractivity contribution in [2.45, 2.75) is 40.2 Å². The van der Waals surface area contributed by atoms with Gasteiger partial charge < -0.3 is 14.4 Å². The van der Waals surface area contributed by atoms with Crippen molar-refractivity contribution in [2.75, 3.05) is 31.3 Å². The monoisotopic (exact) mass is 411 g/mol. The van der Waals surface area contributed by atoms with Crippen LogP contribution in [0.25, 0.3) is 0 Å². The second-order valence-corrected chi connectivity index (χ2v) is 10.00. The van der Waals surface area contributed by atoms with Gasteiger partial charge in [0.05, 0.1) is 11.5 Å². The number of aryl methyl sites for hydroxylation is 2. The SMILES string of the molecule is Cc1cc(C)cc(OCC(=O)OCC(=O)N(CC(C)C)C2CCS(=O)(=O)C2)c1. The molecule has 7 nitrogen and oxygen atoms in total. The molecule has 1 amide bonds.